The molecule has 1 aliphatic rings. The Labute approximate surface area is 167 Å². The van der Waals surface area contributed by atoms with Gasteiger partial charge in [0.05, 0.1) is 0 Å². The summed E-state index contributed by atoms with van der Waals surface area (Å²) < 4.78 is 12.4. The topological polar surface area (TPSA) is 37.4 Å². The zero-order valence-corrected chi connectivity index (χ0v) is 18.8. The van der Waals surface area contributed by atoms with Gasteiger partial charge >= 0.3 is 0 Å². The van der Waals surface area contributed by atoms with Gasteiger partial charge in [-0.3, -0.25) is 9.00 Å². The summed E-state index contributed by atoms with van der Waals surface area (Å²) >= 11 is 0. The number of fused-ring (bicyclic) bond motifs is 1. The van der Waals surface area contributed by atoms with E-state index in [2.05, 4.69) is 26.3 Å². The van der Waals surface area contributed by atoms with Crippen molar-refractivity contribution in [3.8, 4) is 0 Å². The third-order valence-electron chi connectivity index (χ3n) is 5.04. The molecule has 0 bridgehead atoms. The van der Waals surface area contributed by atoms with E-state index < -0.39 is 9.52 Å². The summed E-state index contributed by atoms with van der Waals surface area (Å²) in [5.41, 5.74) is 3.00. The number of hydrogen-bond acceptors (Lipinski definition) is 2. The zero-order valence-electron chi connectivity index (χ0n) is 17.1. The van der Waals surface area contributed by atoms with E-state index in [1.54, 1.807) is 6.26 Å². The molecule has 1 aliphatic heterocycles. The molecule has 0 saturated carbocycles. The van der Waals surface area contributed by atoms with E-state index in [0.29, 0.717) is 18.0 Å². The summed E-state index contributed by atoms with van der Waals surface area (Å²) in [6.45, 7) is 9.29. The molecule has 150 valence electrons. The standard InChI is InChI=1S/C22H34NO2PS/c1-6-15-26(16-7-2)19(17-27(4,5)25)11-10-14-23-18(3)20-12-8-9-13-21(20)22(23)24/h8-9,12-13,19H,3-4,6-7,10-11,14-17H2,1-2,5H3. The average molecular weight is 408 g/mol. The van der Waals surface area contributed by atoms with Crippen LogP contribution in [-0.4, -0.2) is 57.4 Å². The second kappa shape index (κ2) is 9.89. The molecule has 27 heavy (non-hydrogen) atoms. The van der Waals surface area contributed by atoms with Crippen LogP contribution in [0.1, 0.15) is 55.5 Å². The Morgan fingerprint density at radius 3 is 2.26 bits per heavy atom. The third kappa shape index (κ3) is 5.93. The van der Waals surface area contributed by atoms with Gasteiger partial charge in [0, 0.05) is 35.4 Å². The van der Waals surface area contributed by atoms with Crippen LogP contribution in [-0.2, 0) is 9.52 Å². The van der Waals surface area contributed by atoms with Crippen LogP contribution in [0.4, 0.5) is 0 Å². The van der Waals surface area contributed by atoms with Crippen LogP contribution in [0.5, 0.6) is 0 Å². The van der Waals surface area contributed by atoms with Gasteiger partial charge in [-0.15, -0.1) is 7.92 Å². The van der Waals surface area contributed by atoms with Crippen molar-refractivity contribution in [3.05, 3.63) is 42.0 Å². The molecule has 1 heterocycles. The fourth-order valence-electron chi connectivity index (χ4n) is 3.89. The highest BCUT2D eigenvalue weighted by Crippen LogP contribution is 2.45. The van der Waals surface area contributed by atoms with Gasteiger partial charge in [-0.25, -0.2) is 0 Å². The lowest BCUT2D eigenvalue weighted by Crippen LogP contribution is -2.26. The van der Waals surface area contributed by atoms with E-state index in [0.717, 1.165) is 29.7 Å². The predicted octanol–water partition coefficient (Wildman–Crippen LogP) is 4.91. The molecule has 0 aliphatic carbocycles. The molecule has 0 N–H and O–H groups in total. The van der Waals surface area contributed by atoms with E-state index in [-0.39, 0.29) is 13.8 Å². The second-order valence-corrected chi connectivity index (χ2v) is 13.1. The van der Waals surface area contributed by atoms with Gasteiger partial charge in [0.15, 0.2) is 0 Å². The molecular weight excluding hydrogens is 373 g/mol. The van der Waals surface area contributed by atoms with Gasteiger partial charge in [-0.05, 0) is 52.3 Å². The summed E-state index contributed by atoms with van der Waals surface area (Å²) in [6.07, 6.45) is 8.56. The Bertz CT molecular complexity index is 731. The van der Waals surface area contributed by atoms with Gasteiger partial charge < -0.3 is 4.90 Å². The molecule has 2 rings (SSSR count). The molecule has 0 fully saturated rings. The first-order valence-corrected chi connectivity index (χ1v) is 14.0. The van der Waals surface area contributed by atoms with E-state index in [1.807, 2.05) is 29.2 Å². The molecule has 3 nitrogen and oxygen atoms in total. The molecule has 1 aromatic rings. The van der Waals surface area contributed by atoms with Crippen LogP contribution in [0.15, 0.2) is 30.8 Å². The number of benzene rings is 1. The number of amides is 1. The van der Waals surface area contributed by atoms with Crippen molar-refractivity contribution >= 4 is 34.9 Å². The summed E-state index contributed by atoms with van der Waals surface area (Å²) in [5, 5.41) is 0. The molecule has 0 aromatic heterocycles. The van der Waals surface area contributed by atoms with Crippen molar-refractivity contribution < 1.29 is 9.00 Å². The largest absolute Gasteiger partial charge is 0.308 e. The second-order valence-electron chi connectivity index (χ2n) is 7.63. The van der Waals surface area contributed by atoms with E-state index in [1.165, 1.54) is 25.2 Å². The van der Waals surface area contributed by atoms with Gasteiger partial charge in [-0.1, -0.05) is 51.5 Å². The molecule has 1 aromatic carbocycles. The Morgan fingerprint density at radius 2 is 1.74 bits per heavy atom. The Kier molecular flexibility index (Phi) is 8.12. The maximum absolute atomic E-state index is 12.7. The Balaban J connectivity index is 2.02. The first-order chi connectivity index (χ1) is 12.8. The maximum Gasteiger partial charge on any atom is 0.258 e. The molecule has 1 amide bonds. The highest BCUT2D eigenvalue weighted by molar-refractivity contribution is 7.99. The lowest BCUT2D eigenvalue weighted by Gasteiger charge is -2.29. The van der Waals surface area contributed by atoms with Crippen molar-refractivity contribution in [2.24, 2.45) is 0 Å². The Hall–Kier alpha value is -1.12. The highest BCUT2D eigenvalue weighted by Gasteiger charge is 2.30. The van der Waals surface area contributed by atoms with Crippen molar-refractivity contribution in [2.45, 2.75) is 45.2 Å². The number of carbonyl (C=O) groups excluding carboxylic acids is 1. The van der Waals surface area contributed by atoms with Crippen molar-refractivity contribution in [1.29, 1.82) is 0 Å². The van der Waals surface area contributed by atoms with Crippen LogP contribution in [0.2, 0.25) is 0 Å². The smallest absolute Gasteiger partial charge is 0.258 e. The van der Waals surface area contributed by atoms with Crippen molar-refractivity contribution in [2.75, 3.05) is 30.9 Å². The molecular formula is C22H34NO2PS. The molecule has 0 radical (unpaired) electrons. The van der Waals surface area contributed by atoms with E-state index >= 15 is 0 Å². The van der Waals surface area contributed by atoms with Gasteiger partial charge in [0.25, 0.3) is 5.91 Å². The maximum atomic E-state index is 12.7. The van der Waals surface area contributed by atoms with Crippen LogP contribution in [0, 0.1) is 0 Å². The minimum Gasteiger partial charge on any atom is -0.308 e. The van der Waals surface area contributed by atoms with Crippen molar-refractivity contribution in [3.63, 3.8) is 0 Å². The summed E-state index contributed by atoms with van der Waals surface area (Å²) in [7, 11) is -2.13. The number of hydrogen-bond donors (Lipinski definition) is 0. The number of carbonyl (C=O) groups is 1. The molecule has 5 heteroatoms. The predicted molar refractivity (Wildman–Crippen MR) is 123 cm³/mol. The summed E-state index contributed by atoms with van der Waals surface area (Å²) in [6, 6.07) is 7.70. The van der Waals surface area contributed by atoms with E-state index in [4.69, 9.17) is 0 Å². The first-order valence-electron chi connectivity index (χ1n) is 9.92. The van der Waals surface area contributed by atoms with Crippen LogP contribution >= 0.6 is 7.92 Å². The number of rotatable bonds is 11. The normalized spacial score (nSPS) is 17.3. The van der Waals surface area contributed by atoms with Crippen molar-refractivity contribution in [1.82, 2.24) is 4.90 Å². The molecule has 0 spiro atoms. The van der Waals surface area contributed by atoms with Crippen LogP contribution < -0.4 is 0 Å². The quantitative estimate of drug-likeness (QED) is 0.386. The van der Waals surface area contributed by atoms with Gasteiger partial charge in [0.2, 0.25) is 0 Å². The van der Waals surface area contributed by atoms with E-state index in [9.17, 15) is 9.00 Å². The third-order valence-corrected chi connectivity index (χ3v) is 9.91. The Morgan fingerprint density at radius 1 is 1.15 bits per heavy atom. The average Bonchev–Trinajstić information content (AvgIpc) is 2.85. The minimum absolute atomic E-state index is 0.0629. The summed E-state index contributed by atoms with van der Waals surface area (Å²) in [4.78, 5) is 14.5. The molecule has 2 atom stereocenters. The number of nitrogens with zero attached hydrogens (tertiary/aromatic N) is 1. The van der Waals surface area contributed by atoms with Gasteiger partial charge in [-0.2, -0.15) is 0 Å². The lowest BCUT2D eigenvalue weighted by molar-refractivity contribution is 0.0849. The SMILES string of the molecule is C=C1c2ccccc2C(=O)N1CCCC(CS(=C)(C)=O)P(CCC)CCC. The van der Waals surface area contributed by atoms with Crippen LogP contribution in [0.25, 0.3) is 5.70 Å². The fraction of sp³-hybridized carbons (Fsp3) is 0.545. The molecule has 0 saturated heterocycles. The highest BCUT2D eigenvalue weighted by atomic mass is 32.2. The monoisotopic (exact) mass is 407 g/mol. The van der Waals surface area contributed by atoms with Crippen LogP contribution in [0.3, 0.4) is 0 Å². The fourth-order valence-corrected chi connectivity index (χ4v) is 9.31. The summed E-state index contributed by atoms with van der Waals surface area (Å²) in [5.74, 6) is 4.69. The lowest BCUT2D eigenvalue weighted by atomic mass is 10.1. The minimum atomic E-state index is -2.00. The van der Waals surface area contributed by atoms with Gasteiger partial charge in [0.1, 0.15) is 0 Å². The first kappa shape index (κ1) is 22.2. The molecule has 2 unspecified atom stereocenters. The zero-order chi connectivity index (χ0) is 20.0.